The Morgan fingerprint density at radius 3 is 1.69 bits per heavy atom. The lowest BCUT2D eigenvalue weighted by Crippen LogP contribution is -1.78. The molecule has 0 amide bonds. The maximum Gasteiger partial charge on any atom is -0.0281 e. The van der Waals surface area contributed by atoms with Crippen LogP contribution >= 0.6 is 0 Å². The molecule has 0 unspecified atom stereocenters. The zero-order valence-electron chi connectivity index (χ0n) is 12.1. The van der Waals surface area contributed by atoms with Crippen LogP contribution in [0.2, 0.25) is 0 Å². The third kappa shape index (κ3) is 13.2. The number of hydrogen-bond acceptors (Lipinski definition) is 0. The summed E-state index contributed by atoms with van der Waals surface area (Å²) in [4.78, 5) is 0. The van der Waals surface area contributed by atoms with Crippen LogP contribution in [0.5, 0.6) is 0 Å². The van der Waals surface area contributed by atoms with E-state index in [1.165, 1.54) is 24.8 Å². The molecule has 0 spiro atoms. The Hall–Kier alpha value is -0.780. The Kier molecular flexibility index (Phi) is 15.7. The van der Waals surface area contributed by atoms with Crippen LogP contribution in [-0.2, 0) is 6.42 Å². The van der Waals surface area contributed by atoms with Gasteiger partial charge in [0.1, 0.15) is 0 Å². The molecule has 0 atom stereocenters. The summed E-state index contributed by atoms with van der Waals surface area (Å²) in [5.74, 6) is 0.884. The number of hydrogen-bond donors (Lipinski definition) is 0. The van der Waals surface area contributed by atoms with Crippen molar-refractivity contribution in [3.63, 3.8) is 0 Å². The molecular formula is C16H30. The van der Waals surface area contributed by atoms with E-state index in [2.05, 4.69) is 58.0 Å². The fourth-order valence-electron chi connectivity index (χ4n) is 0.933. The van der Waals surface area contributed by atoms with Gasteiger partial charge in [0.05, 0.1) is 0 Å². The van der Waals surface area contributed by atoms with Gasteiger partial charge in [0, 0.05) is 0 Å². The molecule has 0 N–H and O–H groups in total. The van der Waals surface area contributed by atoms with E-state index in [9.17, 15) is 0 Å². The standard InChI is InChI=1S/C9H12.C5H12.C2H6/c1-2-6-9-7-4-3-5-8-9;1-4-5(2)3;1-2/h3-5,7-8H,2,6H2,1H3;5H,4H2,1-3H3;1-2H3. The minimum absolute atomic E-state index is 0.884. The van der Waals surface area contributed by atoms with E-state index in [-0.39, 0.29) is 0 Å². The van der Waals surface area contributed by atoms with Crippen molar-refractivity contribution in [3.8, 4) is 0 Å². The highest BCUT2D eigenvalue weighted by Crippen LogP contribution is 2.00. The predicted octanol–water partition coefficient (Wildman–Crippen LogP) is 5.72. The van der Waals surface area contributed by atoms with Crippen LogP contribution in [0.4, 0.5) is 0 Å². The summed E-state index contributed by atoms with van der Waals surface area (Å²) in [6.07, 6.45) is 3.75. The van der Waals surface area contributed by atoms with Crippen LogP contribution < -0.4 is 0 Å². The van der Waals surface area contributed by atoms with Crippen molar-refractivity contribution in [3.05, 3.63) is 35.9 Å². The van der Waals surface area contributed by atoms with Gasteiger partial charge in [0.2, 0.25) is 0 Å². The molecule has 0 bridgehead atoms. The highest BCUT2D eigenvalue weighted by atomic mass is 13.9. The predicted molar refractivity (Wildman–Crippen MR) is 76.9 cm³/mol. The lowest BCUT2D eigenvalue weighted by molar-refractivity contribution is 0.626. The SMILES string of the molecule is CC.CCC(C)C.CCCc1ccccc1. The van der Waals surface area contributed by atoms with Gasteiger partial charge in [0.15, 0.2) is 0 Å². The molecule has 1 aromatic rings. The minimum Gasteiger partial charge on any atom is -0.0683 e. The highest BCUT2D eigenvalue weighted by molar-refractivity contribution is 5.14. The van der Waals surface area contributed by atoms with E-state index in [0.29, 0.717) is 0 Å². The quantitative estimate of drug-likeness (QED) is 0.613. The Morgan fingerprint density at radius 1 is 0.938 bits per heavy atom. The van der Waals surface area contributed by atoms with Crippen molar-refractivity contribution < 1.29 is 0 Å². The molecule has 94 valence electrons. The lowest BCUT2D eigenvalue weighted by atomic mass is 10.1. The minimum atomic E-state index is 0.884. The van der Waals surface area contributed by atoms with E-state index in [1.54, 1.807) is 0 Å². The molecule has 16 heavy (non-hydrogen) atoms. The van der Waals surface area contributed by atoms with E-state index in [1.807, 2.05) is 13.8 Å². The van der Waals surface area contributed by atoms with E-state index >= 15 is 0 Å². The van der Waals surface area contributed by atoms with Crippen LogP contribution in [0.15, 0.2) is 30.3 Å². The molecule has 0 heteroatoms. The van der Waals surface area contributed by atoms with Crippen LogP contribution in [0.3, 0.4) is 0 Å². The molecule has 0 heterocycles. The van der Waals surface area contributed by atoms with Gasteiger partial charge >= 0.3 is 0 Å². The average molecular weight is 222 g/mol. The van der Waals surface area contributed by atoms with Crippen molar-refractivity contribution in [2.75, 3.05) is 0 Å². The Morgan fingerprint density at radius 2 is 1.38 bits per heavy atom. The molecular weight excluding hydrogens is 192 g/mol. The first-order valence-corrected chi connectivity index (χ1v) is 6.74. The fourth-order valence-corrected chi connectivity index (χ4v) is 0.933. The monoisotopic (exact) mass is 222 g/mol. The second kappa shape index (κ2) is 14.2. The molecule has 1 aromatic carbocycles. The maximum atomic E-state index is 2.22. The van der Waals surface area contributed by atoms with Gasteiger partial charge in [-0.1, -0.05) is 84.7 Å². The van der Waals surface area contributed by atoms with Crippen molar-refractivity contribution in [2.24, 2.45) is 5.92 Å². The van der Waals surface area contributed by atoms with Crippen molar-refractivity contribution >= 4 is 0 Å². The third-order valence-electron chi connectivity index (χ3n) is 2.20. The van der Waals surface area contributed by atoms with Crippen molar-refractivity contribution in [2.45, 2.75) is 60.8 Å². The smallest absolute Gasteiger partial charge is 0.0281 e. The molecule has 0 aliphatic carbocycles. The molecule has 1 rings (SSSR count). The van der Waals surface area contributed by atoms with E-state index in [0.717, 1.165) is 5.92 Å². The summed E-state index contributed by atoms with van der Waals surface area (Å²) in [5, 5.41) is 0. The molecule has 0 aliphatic rings. The summed E-state index contributed by atoms with van der Waals surface area (Å²) in [7, 11) is 0. The molecule has 0 aliphatic heterocycles. The number of rotatable bonds is 3. The zero-order valence-corrected chi connectivity index (χ0v) is 12.1. The van der Waals surface area contributed by atoms with Gasteiger partial charge in [-0.25, -0.2) is 0 Å². The molecule has 0 aromatic heterocycles. The third-order valence-corrected chi connectivity index (χ3v) is 2.20. The lowest BCUT2D eigenvalue weighted by Gasteiger charge is -1.93. The van der Waals surface area contributed by atoms with Crippen molar-refractivity contribution in [1.82, 2.24) is 0 Å². The first-order valence-electron chi connectivity index (χ1n) is 6.74. The van der Waals surface area contributed by atoms with Crippen LogP contribution in [-0.4, -0.2) is 0 Å². The normalized spacial score (nSPS) is 8.69. The van der Waals surface area contributed by atoms with E-state index in [4.69, 9.17) is 0 Å². The van der Waals surface area contributed by atoms with Gasteiger partial charge < -0.3 is 0 Å². The maximum absolute atomic E-state index is 2.22. The molecule has 0 fully saturated rings. The molecule has 0 saturated heterocycles. The average Bonchev–Trinajstić information content (AvgIpc) is 2.34. The summed E-state index contributed by atoms with van der Waals surface area (Å²) < 4.78 is 0. The number of aryl methyl sites for hydroxylation is 1. The van der Waals surface area contributed by atoms with Gasteiger partial charge in [0.25, 0.3) is 0 Å². The Balaban J connectivity index is 0. The fraction of sp³-hybridized carbons (Fsp3) is 0.625. The Bertz CT molecular complexity index is 199. The summed E-state index contributed by atoms with van der Waals surface area (Å²) in [6, 6.07) is 10.6. The number of benzene rings is 1. The van der Waals surface area contributed by atoms with Gasteiger partial charge in [-0.15, -0.1) is 0 Å². The second-order valence-electron chi connectivity index (χ2n) is 4.04. The van der Waals surface area contributed by atoms with Gasteiger partial charge in [-0.2, -0.15) is 0 Å². The van der Waals surface area contributed by atoms with Crippen LogP contribution in [0, 0.1) is 5.92 Å². The van der Waals surface area contributed by atoms with E-state index < -0.39 is 0 Å². The molecule has 0 saturated carbocycles. The van der Waals surface area contributed by atoms with Crippen LogP contribution in [0.25, 0.3) is 0 Å². The van der Waals surface area contributed by atoms with Crippen LogP contribution in [0.1, 0.15) is 59.9 Å². The topological polar surface area (TPSA) is 0 Å². The van der Waals surface area contributed by atoms with Crippen molar-refractivity contribution in [1.29, 1.82) is 0 Å². The first-order chi connectivity index (χ1) is 7.70. The Labute approximate surface area is 103 Å². The van der Waals surface area contributed by atoms with Gasteiger partial charge in [-0.05, 0) is 17.9 Å². The zero-order chi connectivity index (χ0) is 12.8. The first kappa shape index (κ1) is 17.6. The largest absolute Gasteiger partial charge is 0.0683 e. The molecule has 0 radical (unpaired) electrons. The summed E-state index contributed by atoms with van der Waals surface area (Å²) in [5.41, 5.74) is 1.44. The summed E-state index contributed by atoms with van der Waals surface area (Å²) >= 11 is 0. The highest BCUT2D eigenvalue weighted by Gasteiger charge is 1.84. The second-order valence-corrected chi connectivity index (χ2v) is 4.04. The summed E-state index contributed by atoms with van der Waals surface area (Å²) in [6.45, 7) is 12.8. The molecule has 0 nitrogen and oxygen atoms in total. The van der Waals surface area contributed by atoms with Gasteiger partial charge in [-0.3, -0.25) is 0 Å².